The molecule has 0 spiro atoms. The van der Waals surface area contributed by atoms with Gasteiger partial charge in [0.25, 0.3) is 0 Å². The van der Waals surface area contributed by atoms with Crippen LogP contribution in [-0.2, 0) is 28.0 Å². The van der Waals surface area contributed by atoms with Crippen LogP contribution in [-0.4, -0.2) is 46.6 Å². The number of amides is 1. The molecule has 2 aromatic rings. The molecule has 7 heteroatoms. The number of piperidine rings is 1. The van der Waals surface area contributed by atoms with Gasteiger partial charge in [0.15, 0.2) is 5.15 Å². The Morgan fingerprint density at radius 3 is 2.96 bits per heavy atom. The minimum Gasteiger partial charge on any atom is -0.364 e. The summed E-state index contributed by atoms with van der Waals surface area (Å²) in [5.41, 5.74) is 1.60. The monoisotopic (exact) mass is 402 g/mol. The highest BCUT2D eigenvalue weighted by atomic mass is 35.5. The molecule has 2 N–H and O–H groups in total. The summed E-state index contributed by atoms with van der Waals surface area (Å²) in [7, 11) is 0. The molecule has 3 heterocycles. The van der Waals surface area contributed by atoms with Crippen molar-refractivity contribution in [3.05, 3.63) is 52.6 Å². The molecule has 0 aliphatic carbocycles. The minimum atomic E-state index is -0.461. The zero-order valence-corrected chi connectivity index (χ0v) is 17.0. The summed E-state index contributed by atoms with van der Waals surface area (Å²) < 4.78 is 6.00. The summed E-state index contributed by atoms with van der Waals surface area (Å²) >= 11 is 6.37. The second-order valence-corrected chi connectivity index (χ2v) is 8.08. The zero-order valence-electron chi connectivity index (χ0n) is 16.2. The van der Waals surface area contributed by atoms with Crippen LogP contribution in [0.25, 0.3) is 0 Å². The van der Waals surface area contributed by atoms with Gasteiger partial charge < -0.3 is 15.0 Å². The number of rotatable bonds is 6. The average molecular weight is 403 g/mol. The van der Waals surface area contributed by atoms with Crippen molar-refractivity contribution in [3.63, 3.8) is 0 Å². The molecular formula is C21H27ClN4O2. The maximum Gasteiger partial charge on any atom is 0.246 e. The number of hydrogen-bond acceptors (Lipinski definition) is 4. The average Bonchev–Trinajstić information content (AvgIpc) is 3.06. The Bertz CT molecular complexity index is 825. The first-order valence-electron chi connectivity index (χ1n) is 10.0. The number of ether oxygens (including phenoxy) is 1. The van der Waals surface area contributed by atoms with Crippen LogP contribution in [0.5, 0.6) is 0 Å². The van der Waals surface area contributed by atoms with Crippen LogP contribution in [0.4, 0.5) is 0 Å². The molecule has 2 atom stereocenters. The van der Waals surface area contributed by atoms with E-state index >= 15 is 0 Å². The van der Waals surface area contributed by atoms with Crippen LogP contribution < -0.4 is 5.32 Å². The van der Waals surface area contributed by atoms with E-state index in [1.54, 1.807) is 0 Å². The largest absolute Gasteiger partial charge is 0.364 e. The summed E-state index contributed by atoms with van der Waals surface area (Å²) in [5.74, 6) is 0.907. The van der Waals surface area contributed by atoms with Crippen molar-refractivity contribution in [3.8, 4) is 0 Å². The van der Waals surface area contributed by atoms with Crippen molar-refractivity contribution >= 4 is 17.5 Å². The zero-order chi connectivity index (χ0) is 19.6. The van der Waals surface area contributed by atoms with E-state index in [9.17, 15) is 4.79 Å². The van der Waals surface area contributed by atoms with Gasteiger partial charge in [0.05, 0.1) is 17.3 Å². The summed E-state index contributed by atoms with van der Waals surface area (Å²) in [5, 5.41) is 3.79. The van der Waals surface area contributed by atoms with E-state index in [2.05, 4.69) is 39.2 Å². The van der Waals surface area contributed by atoms with E-state index in [4.69, 9.17) is 16.3 Å². The third-order valence-electron chi connectivity index (χ3n) is 5.79. The fourth-order valence-electron chi connectivity index (χ4n) is 4.29. The molecule has 1 aromatic carbocycles. The molecule has 0 unspecified atom stereocenters. The predicted octanol–water partition coefficient (Wildman–Crippen LogP) is 3.02. The maximum atomic E-state index is 12.1. The number of nitrogens with one attached hydrogen (secondary N) is 2. The number of aromatic nitrogens is 2. The van der Waals surface area contributed by atoms with Gasteiger partial charge in [0.2, 0.25) is 5.91 Å². The van der Waals surface area contributed by atoms with E-state index in [1.165, 1.54) is 0 Å². The number of nitrogens with zero attached hydrogens (tertiary/aromatic N) is 2. The van der Waals surface area contributed by atoms with E-state index in [0.717, 1.165) is 55.9 Å². The summed E-state index contributed by atoms with van der Waals surface area (Å²) in [6.07, 6.45) is 3.85. The molecule has 6 nitrogen and oxygen atoms in total. The van der Waals surface area contributed by atoms with Gasteiger partial charge in [0.1, 0.15) is 12.4 Å². The lowest BCUT2D eigenvalue weighted by molar-refractivity contribution is -0.152. The van der Waals surface area contributed by atoms with Gasteiger partial charge in [-0.05, 0) is 18.4 Å². The Hall–Kier alpha value is -1.89. The standard InChI is InChI=1S/C21H27ClN4O2/c1-2-3-9-18-23-16(20(22)24-18)12-26-11-10-21(15-7-5-4-6-8-15)17(13-26)28-14-19(27)25-21/h4-8,17H,2-3,9-14H2,1H3,(H,23,24)(H,25,27)/t17-,21+/m1/s1. The minimum absolute atomic E-state index is 0.0502. The summed E-state index contributed by atoms with van der Waals surface area (Å²) in [6, 6.07) is 10.2. The van der Waals surface area contributed by atoms with Crippen molar-refractivity contribution in [2.45, 2.75) is 50.8 Å². The Kier molecular flexibility index (Phi) is 5.71. The van der Waals surface area contributed by atoms with Crippen LogP contribution in [0.2, 0.25) is 5.15 Å². The quantitative estimate of drug-likeness (QED) is 0.779. The highest BCUT2D eigenvalue weighted by molar-refractivity contribution is 6.30. The van der Waals surface area contributed by atoms with Crippen LogP contribution in [0.1, 0.15) is 43.3 Å². The van der Waals surface area contributed by atoms with Crippen LogP contribution in [0.15, 0.2) is 30.3 Å². The Morgan fingerprint density at radius 2 is 2.18 bits per heavy atom. The van der Waals surface area contributed by atoms with Gasteiger partial charge >= 0.3 is 0 Å². The Morgan fingerprint density at radius 1 is 1.36 bits per heavy atom. The number of likely N-dealkylation sites (tertiary alicyclic amines) is 1. The van der Waals surface area contributed by atoms with E-state index in [1.807, 2.05) is 18.2 Å². The molecule has 28 heavy (non-hydrogen) atoms. The SMILES string of the molecule is CCCCc1nc(Cl)c(CN2CC[C@@]3(c4ccccc4)NC(=O)CO[C@@H]3C2)[nH]1. The number of aromatic amines is 1. The lowest BCUT2D eigenvalue weighted by Gasteiger charge is -2.50. The van der Waals surface area contributed by atoms with Crippen molar-refractivity contribution in [1.29, 1.82) is 0 Å². The van der Waals surface area contributed by atoms with Gasteiger partial charge in [0, 0.05) is 26.1 Å². The number of benzene rings is 1. The second kappa shape index (κ2) is 8.23. The molecule has 4 rings (SSSR count). The smallest absolute Gasteiger partial charge is 0.246 e. The van der Waals surface area contributed by atoms with Crippen LogP contribution in [0, 0.1) is 0 Å². The van der Waals surface area contributed by atoms with Gasteiger partial charge in [-0.15, -0.1) is 0 Å². The third kappa shape index (κ3) is 3.81. The lowest BCUT2D eigenvalue weighted by atomic mass is 9.77. The predicted molar refractivity (Wildman–Crippen MR) is 108 cm³/mol. The molecule has 1 aromatic heterocycles. The molecule has 2 aliphatic rings. The highest BCUT2D eigenvalue weighted by Crippen LogP contribution is 2.37. The van der Waals surface area contributed by atoms with E-state index in [-0.39, 0.29) is 18.6 Å². The number of imidazole rings is 1. The number of carbonyl (C=O) groups is 1. The number of carbonyl (C=O) groups excluding carboxylic acids is 1. The Balaban J connectivity index is 1.50. The molecule has 2 saturated heterocycles. The van der Waals surface area contributed by atoms with E-state index in [0.29, 0.717) is 11.7 Å². The molecule has 2 fully saturated rings. The molecular weight excluding hydrogens is 376 g/mol. The van der Waals surface area contributed by atoms with Crippen molar-refractivity contribution in [1.82, 2.24) is 20.2 Å². The fourth-order valence-corrected chi connectivity index (χ4v) is 4.50. The molecule has 150 valence electrons. The first-order chi connectivity index (χ1) is 13.6. The third-order valence-corrected chi connectivity index (χ3v) is 6.10. The van der Waals surface area contributed by atoms with Gasteiger partial charge in [-0.25, -0.2) is 4.98 Å². The van der Waals surface area contributed by atoms with Gasteiger partial charge in [-0.2, -0.15) is 0 Å². The summed E-state index contributed by atoms with van der Waals surface area (Å²) in [6.45, 7) is 4.56. The lowest BCUT2D eigenvalue weighted by Crippen LogP contribution is -2.66. The normalized spacial score (nSPS) is 25.4. The highest BCUT2D eigenvalue weighted by Gasteiger charge is 2.49. The number of morpholine rings is 1. The van der Waals surface area contributed by atoms with Crippen LogP contribution >= 0.6 is 11.6 Å². The number of fused-ring (bicyclic) bond motifs is 1. The molecule has 2 aliphatic heterocycles. The van der Waals surface area contributed by atoms with Crippen molar-refractivity contribution in [2.24, 2.45) is 0 Å². The molecule has 0 radical (unpaired) electrons. The van der Waals surface area contributed by atoms with Crippen molar-refractivity contribution < 1.29 is 9.53 Å². The maximum absolute atomic E-state index is 12.1. The molecule has 0 saturated carbocycles. The topological polar surface area (TPSA) is 70.2 Å². The molecule has 0 bridgehead atoms. The first-order valence-corrected chi connectivity index (χ1v) is 10.4. The van der Waals surface area contributed by atoms with E-state index < -0.39 is 5.54 Å². The Labute approximate surface area is 170 Å². The number of aryl methyl sites for hydroxylation is 1. The number of unbranched alkanes of at least 4 members (excludes halogenated alkanes) is 1. The van der Waals surface area contributed by atoms with Gasteiger partial charge in [-0.1, -0.05) is 55.3 Å². The van der Waals surface area contributed by atoms with Crippen LogP contribution in [0.3, 0.4) is 0 Å². The summed E-state index contributed by atoms with van der Waals surface area (Å²) in [4.78, 5) is 22.3. The second-order valence-electron chi connectivity index (χ2n) is 7.73. The number of hydrogen-bond donors (Lipinski definition) is 2. The number of halogens is 1. The van der Waals surface area contributed by atoms with Crippen molar-refractivity contribution in [2.75, 3.05) is 19.7 Å². The molecule has 1 amide bonds. The first kappa shape index (κ1) is 19.4. The number of H-pyrrole nitrogens is 1. The fraction of sp³-hybridized carbons (Fsp3) is 0.524. The van der Waals surface area contributed by atoms with Gasteiger partial charge in [-0.3, -0.25) is 9.69 Å².